The fourth-order valence-electron chi connectivity index (χ4n) is 4.17. The summed E-state index contributed by atoms with van der Waals surface area (Å²) in [6.07, 6.45) is 3.50. The van der Waals surface area contributed by atoms with E-state index in [-0.39, 0.29) is 5.91 Å². The van der Waals surface area contributed by atoms with E-state index >= 15 is 0 Å². The van der Waals surface area contributed by atoms with Crippen LogP contribution >= 0.6 is 0 Å². The number of carbonyl (C=O) groups excluding carboxylic acids is 1. The van der Waals surface area contributed by atoms with E-state index in [0.717, 1.165) is 25.1 Å². The lowest BCUT2D eigenvalue weighted by molar-refractivity contribution is 0.0730. The Labute approximate surface area is 155 Å². The van der Waals surface area contributed by atoms with Gasteiger partial charge in [0.15, 0.2) is 0 Å². The zero-order chi connectivity index (χ0) is 18.3. The van der Waals surface area contributed by atoms with E-state index in [1.807, 2.05) is 34.8 Å². The average Bonchev–Trinajstić information content (AvgIpc) is 3.25. The second kappa shape index (κ2) is 6.88. The van der Waals surface area contributed by atoms with Crippen LogP contribution in [-0.4, -0.2) is 45.1 Å². The first kappa shape index (κ1) is 17.3. The number of carbonyl (C=O) groups is 1. The lowest BCUT2D eigenvalue weighted by atomic mass is 10.0. The van der Waals surface area contributed by atoms with Gasteiger partial charge in [0.05, 0.1) is 17.9 Å². The molecular weight excluding hydrogens is 324 g/mol. The van der Waals surface area contributed by atoms with Crippen LogP contribution in [0.4, 0.5) is 0 Å². The second-order valence-electron chi connectivity index (χ2n) is 7.75. The molecule has 1 aromatic carbocycles. The van der Waals surface area contributed by atoms with Gasteiger partial charge in [-0.25, -0.2) is 0 Å². The maximum Gasteiger partial charge on any atom is 0.254 e. The minimum absolute atomic E-state index is 0.126. The largest absolute Gasteiger partial charge is 0.332 e. The minimum atomic E-state index is 0.126. The molecule has 2 aromatic rings. The van der Waals surface area contributed by atoms with Crippen molar-refractivity contribution in [3.8, 4) is 0 Å². The van der Waals surface area contributed by atoms with Gasteiger partial charge in [-0.15, -0.1) is 0 Å². The highest BCUT2D eigenvalue weighted by atomic mass is 16.2. The molecule has 26 heavy (non-hydrogen) atoms. The Morgan fingerprint density at radius 2 is 1.88 bits per heavy atom. The van der Waals surface area contributed by atoms with Crippen LogP contribution in [0.15, 0.2) is 18.2 Å². The summed E-state index contributed by atoms with van der Waals surface area (Å²) in [7, 11) is 2.01. The molecule has 1 saturated heterocycles. The highest BCUT2D eigenvalue weighted by Gasteiger charge is 2.28. The summed E-state index contributed by atoms with van der Waals surface area (Å²) in [5.41, 5.74) is 6.95. The Bertz CT molecular complexity index is 833. The Hall–Kier alpha value is -2.14. The van der Waals surface area contributed by atoms with Gasteiger partial charge in [0.1, 0.15) is 0 Å². The van der Waals surface area contributed by atoms with E-state index in [4.69, 9.17) is 5.10 Å². The molecule has 3 heterocycles. The van der Waals surface area contributed by atoms with Gasteiger partial charge in [0.25, 0.3) is 5.91 Å². The number of likely N-dealkylation sites (tertiary alicyclic amines) is 1. The second-order valence-corrected chi connectivity index (χ2v) is 7.75. The van der Waals surface area contributed by atoms with Crippen molar-refractivity contribution in [2.45, 2.75) is 46.2 Å². The van der Waals surface area contributed by atoms with Crippen molar-refractivity contribution in [3.63, 3.8) is 0 Å². The predicted octanol–water partition coefficient (Wildman–Crippen LogP) is 2.83. The molecule has 0 N–H and O–H groups in total. The van der Waals surface area contributed by atoms with Gasteiger partial charge in [-0.05, 0) is 69.5 Å². The molecule has 2 aliphatic heterocycles. The fraction of sp³-hybridized carbons (Fsp3) is 0.524. The summed E-state index contributed by atoms with van der Waals surface area (Å²) in [6.45, 7) is 8.89. The van der Waals surface area contributed by atoms with Crippen LogP contribution in [0, 0.1) is 13.8 Å². The monoisotopic (exact) mass is 352 g/mol. The van der Waals surface area contributed by atoms with E-state index in [1.54, 1.807) is 0 Å². The van der Waals surface area contributed by atoms with E-state index in [9.17, 15) is 4.79 Å². The number of aromatic nitrogens is 2. The Balaban J connectivity index is 1.53. The maximum absolute atomic E-state index is 13.0. The smallest absolute Gasteiger partial charge is 0.254 e. The zero-order valence-electron chi connectivity index (χ0n) is 16.1. The summed E-state index contributed by atoms with van der Waals surface area (Å²) in [4.78, 5) is 17.4. The van der Waals surface area contributed by atoms with Crippen LogP contribution < -0.4 is 0 Å². The number of rotatable bonds is 3. The molecule has 5 heteroatoms. The van der Waals surface area contributed by atoms with E-state index in [1.165, 1.54) is 54.0 Å². The minimum Gasteiger partial charge on any atom is -0.332 e. The SMILES string of the molecule is Cc1ccc(C(=O)N2CCc3c(CN4CCCC4)nn(C)c3C2)cc1C. The van der Waals surface area contributed by atoms with Gasteiger partial charge < -0.3 is 4.90 Å². The summed E-state index contributed by atoms with van der Waals surface area (Å²) >= 11 is 0. The highest BCUT2D eigenvalue weighted by Crippen LogP contribution is 2.25. The van der Waals surface area contributed by atoms with Crippen LogP contribution in [-0.2, 0) is 26.6 Å². The first-order chi connectivity index (χ1) is 12.5. The first-order valence-corrected chi connectivity index (χ1v) is 9.65. The molecule has 4 rings (SSSR count). The van der Waals surface area contributed by atoms with Crippen molar-refractivity contribution < 1.29 is 4.79 Å². The molecule has 0 radical (unpaired) electrons. The first-order valence-electron chi connectivity index (χ1n) is 9.65. The van der Waals surface area contributed by atoms with Crippen molar-refractivity contribution in [1.29, 1.82) is 0 Å². The number of amides is 1. The predicted molar refractivity (Wildman–Crippen MR) is 102 cm³/mol. The number of hydrogen-bond acceptors (Lipinski definition) is 3. The van der Waals surface area contributed by atoms with Crippen molar-refractivity contribution in [2.24, 2.45) is 7.05 Å². The Morgan fingerprint density at radius 1 is 1.12 bits per heavy atom. The van der Waals surface area contributed by atoms with E-state index in [2.05, 4.69) is 18.7 Å². The molecule has 1 fully saturated rings. The van der Waals surface area contributed by atoms with Crippen molar-refractivity contribution in [2.75, 3.05) is 19.6 Å². The van der Waals surface area contributed by atoms with E-state index in [0.29, 0.717) is 6.54 Å². The van der Waals surface area contributed by atoms with Crippen molar-refractivity contribution >= 4 is 5.91 Å². The molecule has 1 aromatic heterocycles. The molecule has 0 saturated carbocycles. The molecule has 0 atom stereocenters. The van der Waals surface area contributed by atoms with Gasteiger partial charge in [0.2, 0.25) is 0 Å². The van der Waals surface area contributed by atoms with Crippen LogP contribution in [0.3, 0.4) is 0 Å². The molecule has 1 amide bonds. The topological polar surface area (TPSA) is 41.4 Å². The zero-order valence-corrected chi connectivity index (χ0v) is 16.1. The molecule has 0 bridgehead atoms. The molecule has 0 aliphatic carbocycles. The highest BCUT2D eigenvalue weighted by molar-refractivity contribution is 5.94. The van der Waals surface area contributed by atoms with Gasteiger partial charge in [-0.3, -0.25) is 14.4 Å². The quantitative estimate of drug-likeness (QED) is 0.853. The lowest BCUT2D eigenvalue weighted by Crippen LogP contribution is -2.36. The standard InChI is InChI=1S/C21H28N4O/c1-15-6-7-17(12-16(15)2)21(26)25-11-8-18-19(13-24-9-4-5-10-24)22-23(3)20(18)14-25/h6-7,12H,4-5,8-11,13-14H2,1-3H3. The third-order valence-corrected chi connectivity index (χ3v) is 5.94. The fourth-order valence-corrected chi connectivity index (χ4v) is 4.17. The third kappa shape index (κ3) is 3.16. The van der Waals surface area contributed by atoms with Crippen LogP contribution in [0.2, 0.25) is 0 Å². The van der Waals surface area contributed by atoms with Gasteiger partial charge in [0, 0.05) is 31.3 Å². The summed E-state index contributed by atoms with van der Waals surface area (Å²) < 4.78 is 1.99. The van der Waals surface area contributed by atoms with Crippen LogP contribution in [0.1, 0.15) is 51.3 Å². The summed E-state index contributed by atoms with van der Waals surface area (Å²) in [6, 6.07) is 5.99. The van der Waals surface area contributed by atoms with Crippen LogP contribution in [0.25, 0.3) is 0 Å². The third-order valence-electron chi connectivity index (χ3n) is 5.94. The normalized spacial score (nSPS) is 17.6. The molecular formula is C21H28N4O. The van der Waals surface area contributed by atoms with Gasteiger partial charge in [-0.1, -0.05) is 6.07 Å². The van der Waals surface area contributed by atoms with Crippen molar-refractivity contribution in [3.05, 3.63) is 51.8 Å². The van der Waals surface area contributed by atoms with Crippen LogP contribution in [0.5, 0.6) is 0 Å². The van der Waals surface area contributed by atoms with Gasteiger partial charge >= 0.3 is 0 Å². The molecule has 0 spiro atoms. The number of fused-ring (bicyclic) bond motifs is 1. The Morgan fingerprint density at radius 3 is 2.62 bits per heavy atom. The Kier molecular flexibility index (Phi) is 4.57. The molecule has 2 aliphatic rings. The molecule has 0 unspecified atom stereocenters. The number of aryl methyl sites for hydroxylation is 3. The molecule has 138 valence electrons. The molecule has 5 nitrogen and oxygen atoms in total. The summed E-state index contributed by atoms with van der Waals surface area (Å²) in [5, 5.41) is 4.79. The summed E-state index contributed by atoms with van der Waals surface area (Å²) in [5.74, 6) is 0.126. The maximum atomic E-state index is 13.0. The lowest BCUT2D eigenvalue weighted by Gasteiger charge is -2.28. The van der Waals surface area contributed by atoms with Crippen molar-refractivity contribution in [1.82, 2.24) is 19.6 Å². The van der Waals surface area contributed by atoms with E-state index < -0.39 is 0 Å². The number of benzene rings is 1. The average molecular weight is 352 g/mol. The number of hydrogen-bond donors (Lipinski definition) is 0. The number of nitrogens with zero attached hydrogens (tertiary/aromatic N) is 4. The van der Waals surface area contributed by atoms with Gasteiger partial charge in [-0.2, -0.15) is 5.10 Å².